The molecule has 0 aliphatic carbocycles. The third kappa shape index (κ3) is 4.97. The third-order valence-electron chi connectivity index (χ3n) is 4.56. The number of hydrogen-bond donors (Lipinski definition) is 2. The molecule has 170 valence electrons. The van der Waals surface area contributed by atoms with Crippen molar-refractivity contribution in [2.24, 2.45) is 0 Å². The number of carbonyl (C=O) groups excluding carboxylic acids is 1. The fourth-order valence-electron chi connectivity index (χ4n) is 2.84. The van der Waals surface area contributed by atoms with Crippen molar-refractivity contribution in [2.45, 2.75) is 26.2 Å². The molecular formula is C22H21FN6O4. The first kappa shape index (κ1) is 21.9. The molecule has 11 heteroatoms. The number of carbonyl (C=O) groups is 1. The van der Waals surface area contributed by atoms with Crippen LogP contribution in [0.15, 0.2) is 47.4 Å². The van der Waals surface area contributed by atoms with Crippen LogP contribution < -0.4 is 20.1 Å². The molecule has 2 amide bonds. The van der Waals surface area contributed by atoms with Crippen molar-refractivity contribution in [3.05, 3.63) is 54.4 Å². The predicted octanol–water partition coefficient (Wildman–Crippen LogP) is 4.89. The predicted molar refractivity (Wildman–Crippen MR) is 118 cm³/mol. The van der Waals surface area contributed by atoms with Gasteiger partial charge in [-0.05, 0) is 12.1 Å². The van der Waals surface area contributed by atoms with Gasteiger partial charge in [0.1, 0.15) is 12.1 Å². The average Bonchev–Trinajstić information content (AvgIpc) is 3.24. The van der Waals surface area contributed by atoms with Gasteiger partial charge in [0.25, 0.3) is 0 Å². The van der Waals surface area contributed by atoms with Gasteiger partial charge in [0, 0.05) is 29.3 Å². The van der Waals surface area contributed by atoms with Crippen molar-refractivity contribution in [3.8, 4) is 17.5 Å². The van der Waals surface area contributed by atoms with Crippen molar-refractivity contribution < 1.29 is 23.2 Å². The molecule has 0 radical (unpaired) electrons. The molecule has 33 heavy (non-hydrogen) atoms. The summed E-state index contributed by atoms with van der Waals surface area (Å²) in [6.45, 7) is 5.88. The minimum Gasteiger partial charge on any atom is -0.481 e. The van der Waals surface area contributed by atoms with Crippen molar-refractivity contribution >= 4 is 28.4 Å². The molecule has 0 spiro atoms. The summed E-state index contributed by atoms with van der Waals surface area (Å²) in [5.74, 6) is 0.572. The second kappa shape index (κ2) is 8.69. The molecule has 4 rings (SSSR count). The van der Waals surface area contributed by atoms with Gasteiger partial charge < -0.3 is 19.3 Å². The molecule has 2 N–H and O–H groups in total. The molecule has 0 saturated heterocycles. The molecule has 0 atom stereocenters. The molecular weight excluding hydrogens is 431 g/mol. The Morgan fingerprint density at radius 3 is 2.61 bits per heavy atom. The van der Waals surface area contributed by atoms with Crippen LogP contribution in [0.4, 0.5) is 20.7 Å². The molecule has 0 aliphatic heterocycles. The van der Waals surface area contributed by atoms with Crippen LogP contribution in [0, 0.1) is 5.82 Å². The zero-order valence-corrected chi connectivity index (χ0v) is 18.3. The van der Waals surface area contributed by atoms with Gasteiger partial charge in [0.15, 0.2) is 17.4 Å². The summed E-state index contributed by atoms with van der Waals surface area (Å²) in [6.07, 6.45) is 2.79. The Morgan fingerprint density at radius 2 is 1.91 bits per heavy atom. The first-order valence-electron chi connectivity index (χ1n) is 9.90. The molecule has 3 heterocycles. The van der Waals surface area contributed by atoms with E-state index in [0.29, 0.717) is 22.5 Å². The number of methoxy groups -OCH3 is 1. The summed E-state index contributed by atoms with van der Waals surface area (Å²) >= 11 is 0. The zero-order valence-electron chi connectivity index (χ0n) is 18.3. The number of nitrogens with one attached hydrogen (secondary N) is 2. The Morgan fingerprint density at radius 1 is 1.09 bits per heavy atom. The van der Waals surface area contributed by atoms with Crippen LogP contribution in [0.25, 0.3) is 10.9 Å². The molecule has 0 saturated carbocycles. The number of amides is 2. The zero-order chi connectivity index (χ0) is 23.6. The lowest BCUT2D eigenvalue weighted by molar-refractivity contribution is 0.262. The highest BCUT2D eigenvalue weighted by Gasteiger charge is 2.20. The van der Waals surface area contributed by atoms with E-state index in [-0.39, 0.29) is 28.5 Å². The number of fused-ring (bicyclic) bond motifs is 1. The van der Waals surface area contributed by atoms with Gasteiger partial charge in [-0.15, -0.1) is 0 Å². The molecule has 0 unspecified atom stereocenters. The van der Waals surface area contributed by atoms with E-state index in [2.05, 4.69) is 30.7 Å². The van der Waals surface area contributed by atoms with Crippen LogP contribution in [-0.2, 0) is 5.41 Å². The Labute approximate surface area is 188 Å². The molecule has 0 bridgehead atoms. The van der Waals surface area contributed by atoms with Gasteiger partial charge in [-0.2, -0.15) is 0 Å². The molecule has 3 aromatic heterocycles. The van der Waals surface area contributed by atoms with Gasteiger partial charge in [-0.1, -0.05) is 25.9 Å². The average molecular weight is 452 g/mol. The van der Waals surface area contributed by atoms with Crippen molar-refractivity contribution in [1.82, 2.24) is 20.1 Å². The Hall–Kier alpha value is -4.28. The van der Waals surface area contributed by atoms with Gasteiger partial charge in [0.05, 0.1) is 24.2 Å². The smallest absolute Gasteiger partial charge is 0.324 e. The number of nitrogens with zero attached hydrogens (tertiary/aromatic N) is 4. The number of benzene rings is 1. The standard InChI is InChI=1S/C22H21FN6O4/c1-22(2,3)17-9-18(29-33-17)28-21(30)27-12-5-6-16(14(23)7-12)32-20-13-8-19(31-4)24-10-15(13)25-11-26-20/h5-11H,1-4H3,(H2,27,28,29,30). The molecule has 10 nitrogen and oxygen atoms in total. The van der Waals surface area contributed by atoms with E-state index in [1.165, 1.54) is 31.8 Å². The first-order valence-corrected chi connectivity index (χ1v) is 9.90. The monoisotopic (exact) mass is 452 g/mol. The maximum Gasteiger partial charge on any atom is 0.324 e. The van der Waals surface area contributed by atoms with Gasteiger partial charge >= 0.3 is 6.03 Å². The SMILES string of the molecule is COc1cc2c(Oc3ccc(NC(=O)Nc4cc(C(C)(C)C)on4)cc3F)ncnc2cn1. The lowest BCUT2D eigenvalue weighted by Crippen LogP contribution is -2.19. The number of pyridine rings is 1. The minimum absolute atomic E-state index is 0.0805. The van der Waals surface area contributed by atoms with E-state index in [9.17, 15) is 9.18 Å². The maximum atomic E-state index is 14.7. The number of urea groups is 1. The Bertz CT molecular complexity index is 1320. The minimum atomic E-state index is -0.697. The number of hydrogen-bond acceptors (Lipinski definition) is 8. The normalized spacial score (nSPS) is 11.3. The van der Waals surface area contributed by atoms with Gasteiger partial charge in [-0.25, -0.2) is 24.1 Å². The summed E-state index contributed by atoms with van der Waals surface area (Å²) in [5, 5.41) is 9.40. The van der Waals surface area contributed by atoms with Crippen LogP contribution >= 0.6 is 0 Å². The quantitative estimate of drug-likeness (QED) is 0.438. The van der Waals surface area contributed by atoms with Crippen LogP contribution in [-0.4, -0.2) is 33.2 Å². The summed E-state index contributed by atoms with van der Waals surface area (Å²) in [4.78, 5) is 24.5. The summed E-state index contributed by atoms with van der Waals surface area (Å²) < 4.78 is 30.7. The summed E-state index contributed by atoms with van der Waals surface area (Å²) in [6, 6.07) is 6.63. The summed E-state index contributed by atoms with van der Waals surface area (Å²) in [7, 11) is 1.48. The topological polar surface area (TPSA) is 124 Å². The largest absolute Gasteiger partial charge is 0.481 e. The van der Waals surface area contributed by atoms with E-state index >= 15 is 0 Å². The highest BCUT2D eigenvalue weighted by atomic mass is 19.1. The van der Waals surface area contributed by atoms with Crippen LogP contribution in [0.5, 0.6) is 17.5 Å². The highest BCUT2D eigenvalue weighted by molar-refractivity contribution is 5.99. The number of rotatable bonds is 5. The van der Waals surface area contributed by atoms with E-state index in [0.717, 1.165) is 6.07 Å². The maximum absolute atomic E-state index is 14.7. The third-order valence-corrected chi connectivity index (χ3v) is 4.56. The number of halogens is 1. The highest BCUT2D eigenvalue weighted by Crippen LogP contribution is 2.31. The Kier molecular flexibility index (Phi) is 5.78. The van der Waals surface area contributed by atoms with E-state index < -0.39 is 11.8 Å². The second-order valence-corrected chi connectivity index (χ2v) is 8.08. The summed E-state index contributed by atoms with van der Waals surface area (Å²) in [5.41, 5.74) is 0.480. The second-order valence-electron chi connectivity index (χ2n) is 8.08. The fourth-order valence-corrected chi connectivity index (χ4v) is 2.84. The van der Waals surface area contributed by atoms with Crippen LogP contribution in [0.2, 0.25) is 0 Å². The van der Waals surface area contributed by atoms with E-state index in [1.54, 1.807) is 12.1 Å². The molecule has 0 fully saturated rings. The van der Waals surface area contributed by atoms with Gasteiger partial charge in [-0.3, -0.25) is 5.32 Å². The fraction of sp³-hybridized carbons (Fsp3) is 0.227. The van der Waals surface area contributed by atoms with Crippen molar-refractivity contribution in [1.29, 1.82) is 0 Å². The van der Waals surface area contributed by atoms with E-state index in [4.69, 9.17) is 14.0 Å². The number of aromatic nitrogens is 4. The van der Waals surface area contributed by atoms with E-state index in [1.807, 2.05) is 20.8 Å². The van der Waals surface area contributed by atoms with Crippen molar-refractivity contribution in [2.75, 3.05) is 17.7 Å². The van der Waals surface area contributed by atoms with Gasteiger partial charge in [0.2, 0.25) is 11.8 Å². The van der Waals surface area contributed by atoms with Crippen molar-refractivity contribution in [3.63, 3.8) is 0 Å². The molecule has 1 aromatic carbocycles. The number of anilines is 2. The lowest BCUT2D eigenvalue weighted by atomic mass is 9.93. The molecule has 0 aliphatic rings. The Balaban J connectivity index is 1.47. The number of ether oxygens (including phenoxy) is 2. The van der Waals surface area contributed by atoms with Crippen LogP contribution in [0.1, 0.15) is 26.5 Å². The molecule has 4 aromatic rings. The first-order chi connectivity index (χ1) is 15.7. The van der Waals surface area contributed by atoms with Crippen LogP contribution in [0.3, 0.4) is 0 Å². The lowest BCUT2D eigenvalue weighted by Gasteiger charge is -2.12.